The number of nitrogens with one attached hydrogen (secondary N) is 1. The van der Waals surface area contributed by atoms with Crippen LogP contribution in [-0.4, -0.2) is 47.6 Å². The number of aromatic nitrogens is 1. The SMILES string of the molecule is Cc1ccccc1OCC(=O)NC1[C@@H]2CC[C@H]1CN(C(=O)c1cc(-c3ccccc3)on1)C2. The van der Waals surface area contributed by atoms with Gasteiger partial charge in [-0.05, 0) is 43.2 Å². The Morgan fingerprint density at radius 3 is 2.48 bits per heavy atom. The second-order valence-corrected chi connectivity index (χ2v) is 8.90. The van der Waals surface area contributed by atoms with Crippen molar-refractivity contribution in [2.75, 3.05) is 19.7 Å². The molecule has 2 bridgehead atoms. The van der Waals surface area contributed by atoms with E-state index in [9.17, 15) is 9.59 Å². The van der Waals surface area contributed by atoms with Gasteiger partial charge in [-0.15, -0.1) is 0 Å². The van der Waals surface area contributed by atoms with Gasteiger partial charge in [-0.3, -0.25) is 9.59 Å². The Morgan fingerprint density at radius 2 is 1.76 bits per heavy atom. The van der Waals surface area contributed by atoms with Crippen molar-refractivity contribution in [3.63, 3.8) is 0 Å². The summed E-state index contributed by atoms with van der Waals surface area (Å²) in [5.41, 5.74) is 2.21. The quantitative estimate of drug-likeness (QED) is 0.626. The zero-order valence-corrected chi connectivity index (χ0v) is 18.6. The van der Waals surface area contributed by atoms with Crippen LogP contribution in [0, 0.1) is 18.8 Å². The van der Waals surface area contributed by atoms with Gasteiger partial charge in [0.25, 0.3) is 11.8 Å². The second-order valence-electron chi connectivity index (χ2n) is 8.90. The van der Waals surface area contributed by atoms with Gasteiger partial charge in [0.2, 0.25) is 0 Å². The van der Waals surface area contributed by atoms with Crippen LogP contribution < -0.4 is 10.1 Å². The molecule has 2 amide bonds. The van der Waals surface area contributed by atoms with Crippen LogP contribution in [0.2, 0.25) is 0 Å². The Bertz CT molecular complexity index is 1130. The maximum atomic E-state index is 13.1. The summed E-state index contributed by atoms with van der Waals surface area (Å²) in [7, 11) is 0. The number of nitrogens with zero attached hydrogens (tertiary/aromatic N) is 2. The summed E-state index contributed by atoms with van der Waals surface area (Å²) in [6.45, 7) is 3.15. The third-order valence-electron chi connectivity index (χ3n) is 6.69. The average molecular weight is 446 g/mol. The molecule has 1 N–H and O–H groups in total. The molecule has 170 valence electrons. The van der Waals surface area contributed by atoms with Crippen LogP contribution in [0.1, 0.15) is 28.9 Å². The Hall–Kier alpha value is -3.61. The first-order chi connectivity index (χ1) is 16.1. The summed E-state index contributed by atoms with van der Waals surface area (Å²) in [6.07, 6.45) is 1.98. The molecule has 3 atom stereocenters. The molecular formula is C26H27N3O4. The molecule has 33 heavy (non-hydrogen) atoms. The number of piperidine rings is 1. The van der Waals surface area contributed by atoms with Crippen LogP contribution in [0.15, 0.2) is 65.2 Å². The van der Waals surface area contributed by atoms with Gasteiger partial charge in [0, 0.05) is 30.8 Å². The first-order valence-corrected chi connectivity index (χ1v) is 11.4. The molecule has 1 saturated carbocycles. The standard InChI is InChI=1S/C26H27N3O4/c1-17-7-5-6-10-22(17)32-16-24(30)27-25-19-11-12-20(25)15-29(14-19)26(31)21-13-23(33-28-21)18-8-3-2-4-9-18/h2-10,13,19-20,25H,11-12,14-16H2,1H3,(H,27,30)/t19-,20+,25?. The maximum Gasteiger partial charge on any atom is 0.276 e. The summed E-state index contributed by atoms with van der Waals surface area (Å²) < 4.78 is 11.1. The Kier molecular flexibility index (Phi) is 5.86. The van der Waals surface area contributed by atoms with Crippen molar-refractivity contribution in [3.05, 3.63) is 71.9 Å². The van der Waals surface area contributed by atoms with Crippen LogP contribution >= 0.6 is 0 Å². The molecule has 1 unspecified atom stereocenters. The molecule has 2 aromatic carbocycles. The lowest BCUT2D eigenvalue weighted by atomic mass is 9.92. The lowest BCUT2D eigenvalue weighted by Gasteiger charge is -2.38. The molecule has 1 saturated heterocycles. The largest absolute Gasteiger partial charge is 0.484 e. The van der Waals surface area contributed by atoms with E-state index in [0.29, 0.717) is 24.5 Å². The molecule has 5 rings (SSSR count). The minimum atomic E-state index is -0.121. The fraction of sp³-hybridized carbons (Fsp3) is 0.346. The van der Waals surface area contributed by atoms with Gasteiger partial charge in [-0.2, -0.15) is 0 Å². The lowest BCUT2D eigenvalue weighted by molar-refractivity contribution is -0.124. The molecule has 3 aromatic rings. The number of likely N-dealkylation sites (tertiary alicyclic amines) is 1. The van der Waals surface area contributed by atoms with Gasteiger partial charge in [0.1, 0.15) is 5.75 Å². The highest BCUT2D eigenvalue weighted by Gasteiger charge is 2.44. The van der Waals surface area contributed by atoms with E-state index in [0.717, 1.165) is 29.7 Å². The van der Waals surface area contributed by atoms with Crippen molar-refractivity contribution in [1.29, 1.82) is 0 Å². The third kappa shape index (κ3) is 4.49. The smallest absolute Gasteiger partial charge is 0.276 e. The molecule has 1 aliphatic carbocycles. The number of fused-ring (bicyclic) bond motifs is 2. The number of rotatable bonds is 6. The molecule has 1 aromatic heterocycles. The summed E-state index contributed by atoms with van der Waals surface area (Å²) in [4.78, 5) is 27.5. The van der Waals surface area contributed by atoms with Crippen LogP contribution in [0.25, 0.3) is 11.3 Å². The van der Waals surface area contributed by atoms with Gasteiger partial charge in [0.15, 0.2) is 18.1 Å². The topological polar surface area (TPSA) is 84.7 Å². The van der Waals surface area contributed by atoms with E-state index in [1.165, 1.54) is 0 Å². The van der Waals surface area contributed by atoms with Gasteiger partial charge < -0.3 is 19.5 Å². The lowest BCUT2D eigenvalue weighted by Crippen LogP contribution is -2.54. The van der Waals surface area contributed by atoms with E-state index in [1.807, 2.05) is 66.4 Å². The summed E-state index contributed by atoms with van der Waals surface area (Å²) in [6, 6.07) is 19.0. The number of carbonyl (C=O) groups is 2. The number of hydrogen-bond donors (Lipinski definition) is 1. The summed E-state index contributed by atoms with van der Waals surface area (Å²) >= 11 is 0. The molecule has 2 heterocycles. The molecule has 7 nitrogen and oxygen atoms in total. The van der Waals surface area contributed by atoms with E-state index in [1.54, 1.807) is 6.07 Å². The number of aryl methyl sites for hydroxylation is 1. The molecule has 2 aliphatic rings. The molecule has 2 fully saturated rings. The Labute approximate surface area is 192 Å². The van der Waals surface area contributed by atoms with Crippen molar-refractivity contribution < 1.29 is 18.8 Å². The Morgan fingerprint density at radius 1 is 1.06 bits per heavy atom. The second kappa shape index (κ2) is 9.10. The predicted octanol–water partition coefficient (Wildman–Crippen LogP) is 3.70. The Balaban J connectivity index is 1.18. The molecule has 0 radical (unpaired) electrons. The van der Waals surface area contributed by atoms with Crippen molar-refractivity contribution in [1.82, 2.24) is 15.4 Å². The maximum absolute atomic E-state index is 13.1. The fourth-order valence-electron chi connectivity index (χ4n) is 4.99. The van der Waals surface area contributed by atoms with Crippen molar-refractivity contribution in [2.24, 2.45) is 11.8 Å². The van der Waals surface area contributed by atoms with E-state index in [4.69, 9.17) is 9.26 Å². The van der Waals surface area contributed by atoms with Crippen molar-refractivity contribution >= 4 is 11.8 Å². The number of benzene rings is 2. The fourth-order valence-corrected chi connectivity index (χ4v) is 4.99. The monoisotopic (exact) mass is 445 g/mol. The van der Waals surface area contributed by atoms with Crippen molar-refractivity contribution in [2.45, 2.75) is 25.8 Å². The molecular weight excluding hydrogens is 418 g/mol. The summed E-state index contributed by atoms with van der Waals surface area (Å²) in [5, 5.41) is 7.17. The normalized spacial score (nSPS) is 21.6. The molecule has 0 spiro atoms. The number of para-hydroxylation sites is 1. The van der Waals surface area contributed by atoms with Crippen LogP contribution in [0.3, 0.4) is 0 Å². The number of amides is 2. The number of ether oxygens (including phenoxy) is 1. The van der Waals surface area contributed by atoms with Crippen molar-refractivity contribution in [3.8, 4) is 17.1 Å². The average Bonchev–Trinajstić information content (AvgIpc) is 3.40. The van der Waals surface area contributed by atoms with Crippen LogP contribution in [0.4, 0.5) is 0 Å². The summed E-state index contributed by atoms with van der Waals surface area (Å²) in [5.74, 6) is 1.52. The van der Waals surface area contributed by atoms with Gasteiger partial charge in [0.05, 0.1) is 0 Å². The highest BCUT2D eigenvalue weighted by molar-refractivity contribution is 5.93. The number of hydrogen-bond acceptors (Lipinski definition) is 5. The molecule has 1 aliphatic heterocycles. The van der Waals surface area contributed by atoms with Crippen LogP contribution in [-0.2, 0) is 4.79 Å². The van der Waals surface area contributed by atoms with Gasteiger partial charge >= 0.3 is 0 Å². The highest BCUT2D eigenvalue weighted by Crippen LogP contribution is 2.37. The van der Waals surface area contributed by atoms with E-state index >= 15 is 0 Å². The molecule has 7 heteroatoms. The third-order valence-corrected chi connectivity index (χ3v) is 6.69. The first kappa shape index (κ1) is 21.2. The predicted molar refractivity (Wildman–Crippen MR) is 123 cm³/mol. The van der Waals surface area contributed by atoms with Crippen LogP contribution in [0.5, 0.6) is 5.75 Å². The van der Waals surface area contributed by atoms with E-state index in [2.05, 4.69) is 10.5 Å². The minimum absolute atomic E-state index is 0.00929. The van der Waals surface area contributed by atoms with Gasteiger partial charge in [-0.1, -0.05) is 53.7 Å². The van der Waals surface area contributed by atoms with Gasteiger partial charge in [-0.25, -0.2) is 0 Å². The highest BCUT2D eigenvalue weighted by atomic mass is 16.5. The zero-order valence-electron chi connectivity index (χ0n) is 18.6. The number of carbonyl (C=O) groups excluding carboxylic acids is 2. The van der Waals surface area contributed by atoms with E-state index in [-0.39, 0.29) is 36.3 Å². The zero-order chi connectivity index (χ0) is 22.8. The van der Waals surface area contributed by atoms with E-state index < -0.39 is 0 Å². The minimum Gasteiger partial charge on any atom is -0.484 e. The first-order valence-electron chi connectivity index (χ1n) is 11.4.